The van der Waals surface area contributed by atoms with Crippen LogP contribution in [0.15, 0.2) is 36.4 Å². The number of carbonyl (C=O) groups excluding carboxylic acids is 2. The number of unbranched alkanes of at least 4 members (excludes halogenated alkanes) is 2. The van der Waals surface area contributed by atoms with Crippen LogP contribution in [0.5, 0.6) is 0 Å². The molecule has 1 aromatic heterocycles. The quantitative estimate of drug-likeness (QED) is 0.300. The molecule has 1 fully saturated rings. The van der Waals surface area contributed by atoms with E-state index >= 15 is 0 Å². The molecule has 0 aliphatic carbocycles. The Balaban J connectivity index is 1.50. The van der Waals surface area contributed by atoms with Crippen LogP contribution in [0.2, 0.25) is 0 Å². The van der Waals surface area contributed by atoms with E-state index in [1.54, 1.807) is 0 Å². The molecule has 0 bridgehead atoms. The lowest BCUT2D eigenvalue weighted by Gasteiger charge is -2.40. The van der Waals surface area contributed by atoms with Crippen LogP contribution in [0.4, 0.5) is 5.69 Å². The van der Waals surface area contributed by atoms with Gasteiger partial charge >= 0.3 is 5.97 Å². The molecule has 1 aromatic carbocycles. The predicted molar refractivity (Wildman–Crippen MR) is 120 cm³/mol. The fourth-order valence-electron chi connectivity index (χ4n) is 3.91. The average molecular weight is 430 g/mol. The van der Waals surface area contributed by atoms with E-state index in [0.29, 0.717) is 11.3 Å². The number of methoxy groups -OCH3 is 1. The van der Waals surface area contributed by atoms with E-state index < -0.39 is 6.10 Å². The summed E-state index contributed by atoms with van der Waals surface area (Å²) >= 11 is 1.47. The Kier molecular flexibility index (Phi) is 8.05. The van der Waals surface area contributed by atoms with Gasteiger partial charge in [0, 0.05) is 23.0 Å². The molecule has 2 aromatic rings. The van der Waals surface area contributed by atoms with Gasteiger partial charge in [-0.3, -0.25) is 4.79 Å². The highest BCUT2D eigenvalue weighted by Crippen LogP contribution is 2.32. The Bertz CT molecular complexity index is 845. The number of hydrogen-bond donors (Lipinski definition) is 1. The van der Waals surface area contributed by atoms with Gasteiger partial charge in [-0.25, -0.2) is 4.79 Å². The second-order valence-corrected chi connectivity index (χ2v) is 9.04. The van der Waals surface area contributed by atoms with Crippen LogP contribution >= 0.6 is 11.3 Å². The smallest absolute Gasteiger partial charge is 0.348 e. The van der Waals surface area contributed by atoms with Crippen molar-refractivity contribution in [3.63, 3.8) is 0 Å². The van der Waals surface area contributed by atoms with Crippen molar-refractivity contribution in [2.24, 2.45) is 0 Å². The highest BCUT2D eigenvalue weighted by Gasteiger charge is 2.36. The Morgan fingerprint density at radius 1 is 1.20 bits per heavy atom. The van der Waals surface area contributed by atoms with Crippen molar-refractivity contribution in [2.75, 3.05) is 12.0 Å². The normalized spacial score (nSPS) is 17.0. The van der Waals surface area contributed by atoms with Crippen LogP contribution < -0.4 is 4.90 Å². The lowest BCUT2D eigenvalue weighted by molar-refractivity contribution is -0.124. The molecule has 5 nitrogen and oxygen atoms in total. The first-order valence-electron chi connectivity index (χ1n) is 10.8. The number of thiophene rings is 1. The van der Waals surface area contributed by atoms with Gasteiger partial charge in [0.2, 0.25) is 5.91 Å². The number of rotatable bonds is 11. The zero-order chi connectivity index (χ0) is 21.5. The van der Waals surface area contributed by atoms with Crippen molar-refractivity contribution >= 4 is 28.9 Å². The van der Waals surface area contributed by atoms with Crippen molar-refractivity contribution < 1.29 is 19.4 Å². The molecule has 162 valence electrons. The maximum atomic E-state index is 12.2. The van der Waals surface area contributed by atoms with E-state index in [4.69, 9.17) is 4.74 Å². The van der Waals surface area contributed by atoms with E-state index in [2.05, 4.69) is 6.92 Å². The Labute approximate surface area is 182 Å². The third-order valence-corrected chi connectivity index (χ3v) is 6.82. The van der Waals surface area contributed by atoms with Gasteiger partial charge in [0.15, 0.2) is 0 Å². The number of amides is 1. The largest absolute Gasteiger partial charge is 0.465 e. The van der Waals surface area contributed by atoms with E-state index in [1.807, 2.05) is 41.3 Å². The number of nitrogens with zero attached hydrogens (tertiary/aromatic N) is 1. The van der Waals surface area contributed by atoms with Crippen LogP contribution in [-0.2, 0) is 16.0 Å². The number of β-lactam (4-membered cyclic amide) rings is 1. The molecule has 1 aliphatic rings. The lowest BCUT2D eigenvalue weighted by Crippen LogP contribution is -2.52. The fraction of sp³-hybridized carbons (Fsp3) is 0.500. The van der Waals surface area contributed by atoms with Gasteiger partial charge in [-0.05, 0) is 55.5 Å². The van der Waals surface area contributed by atoms with Gasteiger partial charge in [0.05, 0.1) is 13.2 Å². The van der Waals surface area contributed by atoms with Gasteiger partial charge < -0.3 is 14.7 Å². The van der Waals surface area contributed by atoms with Crippen LogP contribution in [0.3, 0.4) is 0 Å². The first kappa shape index (κ1) is 22.5. The molecule has 1 saturated heterocycles. The summed E-state index contributed by atoms with van der Waals surface area (Å²) in [5.74, 6) is -0.138. The van der Waals surface area contributed by atoms with E-state index in [9.17, 15) is 14.7 Å². The molecular weight excluding hydrogens is 398 g/mol. The molecule has 2 atom stereocenters. The molecule has 1 amide bonds. The van der Waals surface area contributed by atoms with E-state index in [-0.39, 0.29) is 17.9 Å². The molecule has 0 radical (unpaired) electrons. The summed E-state index contributed by atoms with van der Waals surface area (Å²) in [7, 11) is 1.39. The summed E-state index contributed by atoms with van der Waals surface area (Å²) in [5, 5.41) is 10.3. The highest BCUT2D eigenvalue weighted by atomic mass is 32.1. The number of carbonyl (C=O) groups is 2. The summed E-state index contributed by atoms with van der Waals surface area (Å²) < 4.78 is 4.75. The summed E-state index contributed by atoms with van der Waals surface area (Å²) in [6.45, 7) is 2.15. The minimum Gasteiger partial charge on any atom is -0.465 e. The van der Waals surface area contributed by atoms with Crippen LogP contribution in [0, 0.1) is 0 Å². The lowest BCUT2D eigenvalue weighted by atomic mass is 9.94. The summed E-state index contributed by atoms with van der Waals surface area (Å²) in [6, 6.07) is 11.8. The standard InChI is InChI=1S/C24H31NO4S/c1-3-4-5-9-21(26)17-10-12-18(13-11-17)25-19(16-23(25)27)7-6-8-20-14-15-22(30-20)24(28)29-2/h10-15,19,21,26H,3-9,16H2,1-2H3/t19-,21?/m0/s1. The average Bonchev–Trinajstić information content (AvgIpc) is 3.22. The van der Waals surface area contributed by atoms with Crippen molar-refractivity contribution in [3.8, 4) is 0 Å². The third kappa shape index (κ3) is 5.49. The van der Waals surface area contributed by atoms with Crippen molar-refractivity contribution in [1.29, 1.82) is 0 Å². The number of aliphatic hydroxyl groups is 1. The number of esters is 1. The zero-order valence-corrected chi connectivity index (χ0v) is 18.6. The van der Waals surface area contributed by atoms with Gasteiger partial charge in [-0.2, -0.15) is 0 Å². The summed E-state index contributed by atoms with van der Waals surface area (Å²) in [4.78, 5) is 27.4. The Morgan fingerprint density at radius 3 is 2.63 bits per heavy atom. The first-order chi connectivity index (χ1) is 14.5. The molecule has 30 heavy (non-hydrogen) atoms. The van der Waals surface area contributed by atoms with Crippen molar-refractivity contribution in [1.82, 2.24) is 0 Å². The van der Waals surface area contributed by atoms with Crippen LogP contribution in [0.1, 0.15) is 78.1 Å². The minimum absolute atomic E-state index is 0.153. The number of benzene rings is 1. The molecule has 1 unspecified atom stereocenters. The van der Waals surface area contributed by atoms with Gasteiger partial charge in [-0.15, -0.1) is 11.3 Å². The second kappa shape index (κ2) is 10.7. The highest BCUT2D eigenvalue weighted by molar-refractivity contribution is 7.13. The first-order valence-corrected chi connectivity index (χ1v) is 11.6. The maximum Gasteiger partial charge on any atom is 0.348 e. The third-order valence-electron chi connectivity index (χ3n) is 5.69. The van der Waals surface area contributed by atoms with Crippen molar-refractivity contribution in [3.05, 3.63) is 51.7 Å². The second-order valence-electron chi connectivity index (χ2n) is 7.87. The van der Waals surface area contributed by atoms with Crippen molar-refractivity contribution in [2.45, 2.75) is 70.4 Å². The van der Waals surface area contributed by atoms with E-state index in [1.165, 1.54) is 18.4 Å². The topological polar surface area (TPSA) is 66.8 Å². The Morgan fingerprint density at radius 2 is 1.97 bits per heavy atom. The Hall–Kier alpha value is -2.18. The maximum absolute atomic E-state index is 12.2. The van der Waals surface area contributed by atoms with Gasteiger partial charge in [-0.1, -0.05) is 38.3 Å². The molecule has 1 aliphatic heterocycles. The summed E-state index contributed by atoms with van der Waals surface area (Å²) in [6.07, 6.45) is 7.01. The molecule has 0 spiro atoms. The monoisotopic (exact) mass is 429 g/mol. The molecule has 6 heteroatoms. The number of anilines is 1. The molecule has 1 N–H and O–H groups in total. The van der Waals surface area contributed by atoms with Gasteiger partial charge in [0.1, 0.15) is 4.88 Å². The number of hydrogen-bond acceptors (Lipinski definition) is 5. The fourth-order valence-corrected chi connectivity index (χ4v) is 4.88. The predicted octanol–water partition coefficient (Wildman–Crippen LogP) is 5.28. The van der Waals surface area contributed by atoms with Crippen LogP contribution in [-0.4, -0.2) is 30.1 Å². The zero-order valence-electron chi connectivity index (χ0n) is 17.8. The van der Waals surface area contributed by atoms with E-state index in [0.717, 1.165) is 61.1 Å². The molecule has 2 heterocycles. The summed E-state index contributed by atoms with van der Waals surface area (Å²) in [5.41, 5.74) is 1.82. The number of aliphatic hydroxyl groups excluding tert-OH is 1. The molecular formula is C24H31NO4S. The molecule has 0 saturated carbocycles. The van der Waals surface area contributed by atoms with Gasteiger partial charge in [0.25, 0.3) is 0 Å². The SMILES string of the molecule is CCCCCC(O)c1ccc(N2C(=O)C[C@@H]2CCCc2ccc(C(=O)OC)s2)cc1. The molecule has 3 rings (SSSR count). The van der Waals surface area contributed by atoms with Crippen LogP contribution in [0.25, 0.3) is 0 Å². The number of ether oxygens (including phenoxy) is 1. The minimum atomic E-state index is -0.436. The number of aryl methyl sites for hydroxylation is 1.